The number of hydrogen-bond acceptors (Lipinski definition) is 4. The minimum Gasteiger partial charge on any atom is -0.356 e. The maximum atomic E-state index is 12.6. The first kappa shape index (κ1) is 19.1. The first-order chi connectivity index (χ1) is 13.0. The van der Waals surface area contributed by atoms with E-state index in [-0.39, 0.29) is 11.7 Å². The first-order valence-corrected chi connectivity index (χ1v) is 9.77. The Labute approximate surface area is 160 Å². The standard InChI is InChI=1S/C21H29N5O/c1-5-7-8-19-17(6-2)24-21(27)26(19)16-9-11-25(12-10-16)20-13-18(15(3)4)22-14-23-20/h7-8,13-14,16H,3,5-6,9-12H2,1-2,4H3,(H,24,27)/b8-7-. The summed E-state index contributed by atoms with van der Waals surface area (Å²) in [6.07, 6.45) is 9.43. The molecule has 0 aliphatic carbocycles. The molecular weight excluding hydrogens is 338 g/mol. The lowest BCUT2D eigenvalue weighted by atomic mass is 10.0. The Hall–Kier alpha value is -2.63. The Balaban J connectivity index is 1.79. The van der Waals surface area contributed by atoms with Gasteiger partial charge in [0.05, 0.1) is 11.4 Å². The fourth-order valence-electron chi connectivity index (χ4n) is 3.66. The molecule has 1 aliphatic heterocycles. The van der Waals surface area contributed by atoms with Gasteiger partial charge in [0.2, 0.25) is 0 Å². The number of H-pyrrole nitrogens is 1. The minimum absolute atomic E-state index is 0.00709. The topological polar surface area (TPSA) is 66.8 Å². The Kier molecular flexibility index (Phi) is 5.94. The molecule has 1 N–H and O–H groups in total. The van der Waals surface area contributed by atoms with Gasteiger partial charge >= 0.3 is 5.69 Å². The van der Waals surface area contributed by atoms with Crippen molar-refractivity contribution >= 4 is 17.5 Å². The number of allylic oxidation sites excluding steroid dienone is 2. The lowest BCUT2D eigenvalue weighted by Crippen LogP contribution is -2.37. The summed E-state index contributed by atoms with van der Waals surface area (Å²) in [7, 11) is 0. The molecule has 0 aromatic carbocycles. The van der Waals surface area contributed by atoms with Crippen LogP contribution in [0.4, 0.5) is 5.82 Å². The number of aromatic amines is 1. The van der Waals surface area contributed by atoms with Crippen LogP contribution >= 0.6 is 0 Å². The molecule has 27 heavy (non-hydrogen) atoms. The van der Waals surface area contributed by atoms with Crippen molar-refractivity contribution in [3.63, 3.8) is 0 Å². The number of hydrogen-bond donors (Lipinski definition) is 1. The van der Waals surface area contributed by atoms with Gasteiger partial charge in [0.1, 0.15) is 12.1 Å². The van der Waals surface area contributed by atoms with Crippen LogP contribution in [0.1, 0.15) is 63.2 Å². The van der Waals surface area contributed by atoms with Crippen LogP contribution < -0.4 is 10.6 Å². The number of imidazole rings is 1. The van der Waals surface area contributed by atoms with Crippen molar-refractivity contribution in [3.8, 4) is 0 Å². The van der Waals surface area contributed by atoms with E-state index in [9.17, 15) is 4.79 Å². The van der Waals surface area contributed by atoms with Crippen molar-refractivity contribution in [3.05, 3.63) is 52.6 Å². The molecule has 0 radical (unpaired) electrons. The summed E-state index contributed by atoms with van der Waals surface area (Å²) in [6.45, 7) is 11.8. The van der Waals surface area contributed by atoms with E-state index in [1.807, 2.05) is 17.6 Å². The molecule has 1 aliphatic rings. The molecule has 144 valence electrons. The van der Waals surface area contributed by atoms with Gasteiger partial charge in [-0.05, 0) is 44.3 Å². The zero-order valence-electron chi connectivity index (χ0n) is 16.5. The van der Waals surface area contributed by atoms with E-state index in [0.717, 1.165) is 67.2 Å². The lowest BCUT2D eigenvalue weighted by Gasteiger charge is -2.33. The SMILES string of the molecule is C=C(C)c1cc(N2CCC(n3c(/C=C\CC)c(CC)[nH]c3=O)CC2)ncn1. The number of aromatic nitrogens is 4. The summed E-state index contributed by atoms with van der Waals surface area (Å²) in [5.41, 5.74) is 3.88. The number of aryl methyl sites for hydroxylation is 1. The third-order valence-electron chi connectivity index (χ3n) is 5.15. The highest BCUT2D eigenvalue weighted by Crippen LogP contribution is 2.27. The third-order valence-corrected chi connectivity index (χ3v) is 5.15. The molecule has 2 aromatic heterocycles. The normalized spacial score (nSPS) is 15.6. The van der Waals surface area contributed by atoms with Gasteiger partial charge in [-0.15, -0.1) is 0 Å². The highest BCUT2D eigenvalue weighted by molar-refractivity contribution is 5.60. The zero-order chi connectivity index (χ0) is 19.4. The molecule has 0 amide bonds. The van der Waals surface area contributed by atoms with Crippen molar-refractivity contribution in [1.29, 1.82) is 0 Å². The zero-order valence-corrected chi connectivity index (χ0v) is 16.5. The molecule has 1 saturated heterocycles. The predicted molar refractivity (Wildman–Crippen MR) is 111 cm³/mol. The van der Waals surface area contributed by atoms with Crippen LogP contribution in [-0.2, 0) is 6.42 Å². The van der Waals surface area contributed by atoms with Crippen LogP contribution in [0.5, 0.6) is 0 Å². The second-order valence-electron chi connectivity index (χ2n) is 7.09. The molecule has 0 atom stereocenters. The fourth-order valence-corrected chi connectivity index (χ4v) is 3.66. The quantitative estimate of drug-likeness (QED) is 0.843. The molecule has 2 aromatic rings. The Morgan fingerprint density at radius 1 is 1.33 bits per heavy atom. The van der Waals surface area contributed by atoms with Gasteiger partial charge in [-0.1, -0.05) is 26.5 Å². The number of nitrogens with one attached hydrogen (secondary N) is 1. The van der Waals surface area contributed by atoms with Gasteiger partial charge in [0, 0.05) is 30.9 Å². The summed E-state index contributed by atoms with van der Waals surface area (Å²) in [4.78, 5) is 26.6. The fraction of sp³-hybridized carbons (Fsp3) is 0.476. The second-order valence-corrected chi connectivity index (χ2v) is 7.09. The van der Waals surface area contributed by atoms with Gasteiger partial charge in [0.25, 0.3) is 0 Å². The van der Waals surface area contributed by atoms with E-state index in [0.29, 0.717) is 0 Å². The van der Waals surface area contributed by atoms with Crippen LogP contribution in [0.25, 0.3) is 11.6 Å². The summed E-state index contributed by atoms with van der Waals surface area (Å²) in [6, 6.07) is 2.21. The van der Waals surface area contributed by atoms with Gasteiger partial charge in [-0.25, -0.2) is 14.8 Å². The van der Waals surface area contributed by atoms with Gasteiger partial charge in [0.15, 0.2) is 0 Å². The molecule has 0 saturated carbocycles. The van der Waals surface area contributed by atoms with Crippen LogP contribution in [0, 0.1) is 0 Å². The summed E-state index contributed by atoms with van der Waals surface area (Å²) in [5.74, 6) is 0.934. The van der Waals surface area contributed by atoms with Gasteiger partial charge in [-0.2, -0.15) is 0 Å². The molecule has 0 bridgehead atoms. The van der Waals surface area contributed by atoms with E-state index in [1.165, 1.54) is 0 Å². The molecule has 0 unspecified atom stereocenters. The van der Waals surface area contributed by atoms with Crippen LogP contribution in [-0.4, -0.2) is 32.6 Å². The highest BCUT2D eigenvalue weighted by Gasteiger charge is 2.25. The second kappa shape index (κ2) is 8.37. The number of anilines is 1. The van der Waals surface area contributed by atoms with Crippen molar-refractivity contribution in [2.75, 3.05) is 18.0 Å². The van der Waals surface area contributed by atoms with E-state index in [2.05, 4.69) is 52.4 Å². The van der Waals surface area contributed by atoms with Gasteiger partial charge < -0.3 is 9.88 Å². The summed E-state index contributed by atoms with van der Waals surface area (Å²) < 4.78 is 1.96. The molecule has 0 spiro atoms. The van der Waals surface area contributed by atoms with Crippen molar-refractivity contribution in [1.82, 2.24) is 19.5 Å². The number of rotatable bonds is 6. The Bertz CT molecular complexity index is 884. The Morgan fingerprint density at radius 2 is 2.07 bits per heavy atom. The molecular formula is C21H29N5O. The van der Waals surface area contributed by atoms with Crippen LogP contribution in [0.3, 0.4) is 0 Å². The van der Waals surface area contributed by atoms with Crippen molar-refractivity contribution in [2.24, 2.45) is 0 Å². The van der Waals surface area contributed by atoms with E-state index < -0.39 is 0 Å². The molecule has 3 rings (SSSR count). The van der Waals surface area contributed by atoms with Crippen molar-refractivity contribution < 1.29 is 0 Å². The predicted octanol–water partition coefficient (Wildman–Crippen LogP) is 3.83. The maximum absolute atomic E-state index is 12.6. The summed E-state index contributed by atoms with van der Waals surface area (Å²) in [5, 5.41) is 0. The monoisotopic (exact) mass is 367 g/mol. The lowest BCUT2D eigenvalue weighted by molar-refractivity contribution is 0.385. The number of piperidine rings is 1. The average molecular weight is 367 g/mol. The minimum atomic E-state index is 0.00709. The third kappa shape index (κ3) is 4.04. The van der Waals surface area contributed by atoms with E-state index in [4.69, 9.17) is 0 Å². The van der Waals surface area contributed by atoms with Crippen molar-refractivity contribution in [2.45, 2.75) is 52.5 Å². The summed E-state index contributed by atoms with van der Waals surface area (Å²) >= 11 is 0. The first-order valence-electron chi connectivity index (χ1n) is 9.77. The van der Waals surface area contributed by atoms with E-state index in [1.54, 1.807) is 6.33 Å². The highest BCUT2D eigenvalue weighted by atomic mass is 16.1. The number of nitrogens with zero attached hydrogens (tertiary/aromatic N) is 4. The van der Waals surface area contributed by atoms with Crippen LogP contribution in [0.15, 0.2) is 29.8 Å². The maximum Gasteiger partial charge on any atom is 0.326 e. The van der Waals surface area contributed by atoms with E-state index >= 15 is 0 Å². The largest absolute Gasteiger partial charge is 0.356 e. The molecule has 3 heterocycles. The van der Waals surface area contributed by atoms with Crippen LogP contribution in [0.2, 0.25) is 0 Å². The smallest absolute Gasteiger partial charge is 0.326 e. The molecule has 1 fully saturated rings. The Morgan fingerprint density at radius 3 is 2.70 bits per heavy atom. The molecule has 6 nitrogen and oxygen atoms in total. The average Bonchev–Trinajstić information content (AvgIpc) is 3.01. The molecule has 6 heteroatoms. The van der Waals surface area contributed by atoms with Gasteiger partial charge in [-0.3, -0.25) is 4.57 Å².